The predicted octanol–water partition coefficient (Wildman–Crippen LogP) is -3.12. The summed E-state index contributed by atoms with van der Waals surface area (Å²) in [4.78, 5) is 0. The molecule has 0 saturated carbocycles. The van der Waals surface area contributed by atoms with Crippen molar-refractivity contribution in [2.24, 2.45) is 0 Å². The van der Waals surface area contributed by atoms with Crippen LogP contribution >= 0.6 is 0 Å². The van der Waals surface area contributed by atoms with E-state index in [1.807, 2.05) is 0 Å². The molecule has 5 heavy (non-hydrogen) atoms. The van der Waals surface area contributed by atoms with Gasteiger partial charge in [0.15, 0.2) is 0 Å². The van der Waals surface area contributed by atoms with Crippen LogP contribution in [0.1, 0.15) is 0 Å². The van der Waals surface area contributed by atoms with E-state index < -0.39 is 0 Å². The molecule has 0 rings (SSSR count). The van der Waals surface area contributed by atoms with Crippen molar-refractivity contribution >= 4 is 0 Å². The van der Waals surface area contributed by atoms with Crippen LogP contribution in [0.5, 0.6) is 0 Å². The Hall–Kier alpha value is 2.69. The van der Waals surface area contributed by atoms with Crippen LogP contribution in [-0.4, -0.2) is 0 Å². The van der Waals surface area contributed by atoms with Gasteiger partial charge in [-0.3, -0.25) is 0 Å². The van der Waals surface area contributed by atoms with Gasteiger partial charge in [-0.2, -0.15) is 0 Å². The van der Waals surface area contributed by atoms with Crippen LogP contribution in [0.2, 0.25) is 0 Å². The van der Waals surface area contributed by atoms with Gasteiger partial charge in [0.05, 0.1) is 0 Å². The van der Waals surface area contributed by atoms with Gasteiger partial charge >= 0.3 is 84.8 Å². The summed E-state index contributed by atoms with van der Waals surface area (Å²) in [6.07, 6.45) is 0. The number of hydrogen-bond acceptors (Lipinski definition) is 0. The van der Waals surface area contributed by atoms with Gasteiger partial charge in [-0.25, -0.2) is 0 Å². The quantitative estimate of drug-likeness (QED) is 0.370. The molecule has 0 aliphatic rings. The minimum Gasteiger partial charge on any atom is -2.00 e. The average Bonchev–Trinajstić information content (AvgIpc) is 0. The summed E-state index contributed by atoms with van der Waals surface area (Å²) in [5.41, 5.74) is 0. The molecule has 0 bridgehead atoms. The van der Waals surface area contributed by atoms with E-state index in [1.54, 1.807) is 0 Å². The van der Waals surface area contributed by atoms with Gasteiger partial charge in [0.1, 0.15) is 0 Å². The predicted molar refractivity (Wildman–Crippen MR) is 0.686 cm³/mol. The largest absolute Gasteiger partial charge is 4.00 e. The normalized spacial score (nSPS) is 0. The van der Waals surface area contributed by atoms with Crippen LogP contribution in [0.4, 0.5) is 0 Å². The summed E-state index contributed by atoms with van der Waals surface area (Å²) in [6.45, 7) is 0. The zero-order valence-electron chi connectivity index (χ0n) is 2.60. The summed E-state index contributed by atoms with van der Waals surface area (Å²) in [6, 6.07) is 0. The second-order valence-electron chi connectivity index (χ2n) is 0. The van der Waals surface area contributed by atoms with Crippen molar-refractivity contribution in [3.8, 4) is 0 Å². The molecule has 1 nitrogen and oxygen atoms in total. The van der Waals surface area contributed by atoms with Gasteiger partial charge in [0.2, 0.25) is 0 Å². The Morgan fingerprint density at radius 3 is 1.00 bits per heavy atom. The summed E-state index contributed by atoms with van der Waals surface area (Å²) in [5, 5.41) is 0. The molecule has 1 radical (unpaired) electrons. The molecule has 0 aromatic heterocycles. The van der Waals surface area contributed by atoms with Crippen LogP contribution in [0, 0.1) is 0 Å². The summed E-state index contributed by atoms with van der Waals surface area (Å²) in [5.74, 6) is 0. The minimum absolute atomic E-state index is 0. The van der Waals surface area contributed by atoms with E-state index in [0.717, 1.165) is 0 Å². The Morgan fingerprint density at radius 2 is 1.00 bits per heavy atom. The van der Waals surface area contributed by atoms with E-state index in [2.05, 4.69) is 0 Å². The molecule has 21 valence electrons. The van der Waals surface area contributed by atoms with Crippen molar-refractivity contribution in [3.05, 3.63) is 0 Å². The molecule has 0 aliphatic heterocycles. The molecule has 0 aromatic rings. The SMILES string of the molecule is [Mn+2].[Na+].[Ni+2].[O-2].[Ti+4]. The summed E-state index contributed by atoms with van der Waals surface area (Å²) < 4.78 is 0. The van der Waals surface area contributed by atoms with E-state index in [1.165, 1.54) is 0 Å². The van der Waals surface area contributed by atoms with Gasteiger partial charge in [0, 0.05) is 0 Å². The Morgan fingerprint density at radius 1 is 1.00 bits per heavy atom. The van der Waals surface area contributed by atoms with Crippen LogP contribution < -0.4 is 29.6 Å². The Kier molecular flexibility index (Phi) is 285. The molecule has 0 spiro atoms. The number of hydrogen-bond donors (Lipinski definition) is 0. The van der Waals surface area contributed by atoms with Crippen LogP contribution in [0.15, 0.2) is 0 Å². The Bertz CT molecular complexity index is 11.6. The second-order valence-corrected chi connectivity index (χ2v) is 0. The van der Waals surface area contributed by atoms with Crippen molar-refractivity contribution in [2.75, 3.05) is 0 Å². The standard InChI is InChI=1S/Mn.Na.Ni.O.Ti/q+2;+1;+2;-2;+4. The third-order valence-corrected chi connectivity index (χ3v) is 0. The van der Waals surface area contributed by atoms with Gasteiger partial charge in [-0.1, -0.05) is 0 Å². The smallest absolute Gasteiger partial charge is 2.00 e. The summed E-state index contributed by atoms with van der Waals surface area (Å²) >= 11 is 0. The zero-order chi connectivity index (χ0) is 0. The minimum atomic E-state index is 0. The maximum atomic E-state index is 0. The maximum Gasteiger partial charge on any atom is 4.00 e. The molecule has 0 amide bonds. The molecule has 0 atom stereocenters. The van der Waals surface area contributed by atoms with E-state index in [0.29, 0.717) is 0 Å². The molecule has 0 aliphatic carbocycles. The molecule has 0 heterocycles. The molecule has 0 fully saturated rings. The Labute approximate surface area is 88.9 Å². The van der Waals surface area contributed by atoms with Gasteiger partial charge in [0.25, 0.3) is 0 Å². The van der Waals surface area contributed by atoms with Crippen LogP contribution in [0.3, 0.4) is 0 Å². The van der Waals surface area contributed by atoms with Crippen molar-refractivity contribution in [1.29, 1.82) is 0 Å². The van der Waals surface area contributed by atoms with Gasteiger partial charge < -0.3 is 5.48 Å². The van der Waals surface area contributed by atoms with Crippen molar-refractivity contribution in [1.82, 2.24) is 0 Å². The molecular formula is MnNaNiOTi+7. The van der Waals surface area contributed by atoms with Gasteiger partial charge in [-0.15, -0.1) is 0 Å². The third kappa shape index (κ3) is 20.3. The van der Waals surface area contributed by atoms with Crippen LogP contribution in [0.25, 0.3) is 0 Å². The van der Waals surface area contributed by atoms with E-state index >= 15 is 0 Å². The average molecular weight is 200 g/mol. The fourth-order valence-corrected chi connectivity index (χ4v) is 0. The van der Waals surface area contributed by atoms with Gasteiger partial charge in [-0.05, 0) is 0 Å². The van der Waals surface area contributed by atoms with Crippen LogP contribution in [-0.2, 0) is 60.8 Å². The molecule has 0 unspecified atom stereocenters. The molecule has 0 aromatic carbocycles. The molecule has 0 saturated heterocycles. The first kappa shape index (κ1) is 47.6. The first-order valence-corrected chi connectivity index (χ1v) is 0. The fourth-order valence-electron chi connectivity index (χ4n) is 0. The molecule has 5 heteroatoms. The van der Waals surface area contributed by atoms with Crippen molar-refractivity contribution in [2.45, 2.75) is 0 Å². The monoisotopic (exact) mass is 200 g/mol. The topological polar surface area (TPSA) is 28.5 Å². The summed E-state index contributed by atoms with van der Waals surface area (Å²) in [7, 11) is 0. The van der Waals surface area contributed by atoms with Crippen molar-refractivity contribution < 1.29 is 90.3 Å². The first-order valence-electron chi connectivity index (χ1n) is 0. The second kappa shape index (κ2) is 30.0. The molecule has 0 N–H and O–H groups in total. The maximum absolute atomic E-state index is 0. The fraction of sp³-hybridized carbons (Fsp3) is 0. The zero-order valence-corrected chi connectivity index (χ0v) is 8.33. The first-order chi connectivity index (χ1) is 0. The van der Waals surface area contributed by atoms with E-state index in [-0.39, 0.29) is 90.3 Å². The van der Waals surface area contributed by atoms with E-state index in [4.69, 9.17) is 0 Å². The number of rotatable bonds is 0. The molecular weight excluding hydrogens is 200 g/mol. The Balaban J connectivity index is 0. The van der Waals surface area contributed by atoms with E-state index in [9.17, 15) is 0 Å². The van der Waals surface area contributed by atoms with Crippen molar-refractivity contribution in [3.63, 3.8) is 0 Å². The third-order valence-electron chi connectivity index (χ3n) is 0.